The summed E-state index contributed by atoms with van der Waals surface area (Å²) in [5.41, 5.74) is 1.11. The van der Waals surface area contributed by atoms with Crippen molar-refractivity contribution in [3.8, 4) is 0 Å². The molecule has 1 aromatic carbocycles. The first kappa shape index (κ1) is 20.7. The summed E-state index contributed by atoms with van der Waals surface area (Å²) in [7, 11) is 0. The normalized spacial score (nSPS) is 20.7. The quantitative estimate of drug-likeness (QED) is 0.780. The maximum Gasteiger partial charge on any atom is 0.239 e. The first-order valence-electron chi connectivity index (χ1n) is 10.2. The molecule has 0 aromatic heterocycles. The molecule has 7 heteroatoms. The Balaban J connectivity index is 1.49. The number of rotatable bonds is 4. The van der Waals surface area contributed by atoms with Crippen molar-refractivity contribution in [3.05, 3.63) is 35.6 Å². The number of benzene rings is 1. The molecule has 28 heavy (non-hydrogen) atoms. The second kappa shape index (κ2) is 9.47. The molecule has 2 amide bonds. The lowest BCUT2D eigenvalue weighted by molar-refractivity contribution is -0.141. The highest BCUT2D eigenvalue weighted by Gasteiger charge is 2.30. The minimum absolute atomic E-state index is 0.0777. The second-order valence-corrected chi connectivity index (χ2v) is 7.80. The van der Waals surface area contributed by atoms with Gasteiger partial charge in [0.05, 0.1) is 6.04 Å². The lowest BCUT2D eigenvalue weighted by Gasteiger charge is -2.37. The predicted molar refractivity (Wildman–Crippen MR) is 106 cm³/mol. The van der Waals surface area contributed by atoms with Gasteiger partial charge in [0.15, 0.2) is 0 Å². The van der Waals surface area contributed by atoms with E-state index in [-0.39, 0.29) is 23.7 Å². The van der Waals surface area contributed by atoms with Crippen LogP contribution in [-0.4, -0.2) is 89.8 Å². The lowest BCUT2D eigenvalue weighted by atomic mass is 10.2. The fourth-order valence-corrected chi connectivity index (χ4v) is 4.05. The Morgan fingerprint density at radius 3 is 2.21 bits per heavy atom. The van der Waals surface area contributed by atoms with Crippen LogP contribution in [0.3, 0.4) is 0 Å². The monoisotopic (exact) mass is 390 g/mol. The number of nitrogens with zero attached hydrogens (tertiary/aromatic N) is 4. The highest BCUT2D eigenvalue weighted by molar-refractivity contribution is 5.82. The molecule has 2 fully saturated rings. The first-order valence-corrected chi connectivity index (χ1v) is 10.2. The van der Waals surface area contributed by atoms with Crippen LogP contribution in [0.15, 0.2) is 24.3 Å². The largest absolute Gasteiger partial charge is 0.339 e. The van der Waals surface area contributed by atoms with E-state index in [0.717, 1.165) is 44.7 Å². The van der Waals surface area contributed by atoms with E-state index in [1.165, 1.54) is 12.1 Å². The third-order valence-corrected chi connectivity index (χ3v) is 5.88. The van der Waals surface area contributed by atoms with E-state index in [1.807, 2.05) is 24.0 Å². The van der Waals surface area contributed by atoms with Crippen molar-refractivity contribution in [1.82, 2.24) is 19.6 Å². The van der Waals surface area contributed by atoms with Gasteiger partial charge in [-0.3, -0.25) is 19.4 Å². The van der Waals surface area contributed by atoms with Gasteiger partial charge in [-0.15, -0.1) is 0 Å². The summed E-state index contributed by atoms with van der Waals surface area (Å²) >= 11 is 0. The van der Waals surface area contributed by atoms with Crippen molar-refractivity contribution in [1.29, 1.82) is 0 Å². The highest BCUT2D eigenvalue weighted by Crippen LogP contribution is 2.14. The first-order chi connectivity index (χ1) is 13.4. The molecule has 2 heterocycles. The van der Waals surface area contributed by atoms with Crippen molar-refractivity contribution in [2.24, 2.45) is 0 Å². The van der Waals surface area contributed by atoms with Gasteiger partial charge >= 0.3 is 0 Å². The van der Waals surface area contributed by atoms with Crippen molar-refractivity contribution in [2.75, 3.05) is 52.4 Å². The molecule has 1 aromatic rings. The third kappa shape index (κ3) is 5.29. The van der Waals surface area contributed by atoms with Crippen LogP contribution in [0.1, 0.15) is 25.8 Å². The molecule has 2 saturated heterocycles. The van der Waals surface area contributed by atoms with Crippen LogP contribution < -0.4 is 0 Å². The number of piperazine rings is 1. The van der Waals surface area contributed by atoms with Crippen molar-refractivity contribution in [3.63, 3.8) is 0 Å². The van der Waals surface area contributed by atoms with Crippen LogP contribution in [0.25, 0.3) is 0 Å². The molecule has 0 bridgehead atoms. The number of halogens is 1. The number of carbonyl (C=O) groups excluding carboxylic acids is 2. The van der Waals surface area contributed by atoms with Crippen LogP contribution in [0.2, 0.25) is 0 Å². The van der Waals surface area contributed by atoms with E-state index >= 15 is 0 Å². The molecule has 0 saturated carbocycles. The predicted octanol–water partition coefficient (Wildman–Crippen LogP) is 1.41. The molecule has 3 rings (SSSR count). The summed E-state index contributed by atoms with van der Waals surface area (Å²) in [6.45, 7) is 10.5. The smallest absolute Gasteiger partial charge is 0.239 e. The van der Waals surface area contributed by atoms with E-state index in [4.69, 9.17) is 0 Å². The average Bonchev–Trinajstić information content (AvgIpc) is 2.94. The topological polar surface area (TPSA) is 47.1 Å². The van der Waals surface area contributed by atoms with Gasteiger partial charge in [-0.25, -0.2) is 4.39 Å². The van der Waals surface area contributed by atoms with Gasteiger partial charge in [-0.2, -0.15) is 0 Å². The molecule has 1 atom stereocenters. The molecule has 0 radical (unpaired) electrons. The molecule has 2 aliphatic rings. The Bertz CT molecular complexity index is 673. The fourth-order valence-electron chi connectivity index (χ4n) is 4.05. The number of hydrogen-bond donors (Lipinski definition) is 0. The van der Waals surface area contributed by atoms with Crippen molar-refractivity contribution >= 4 is 11.8 Å². The molecule has 1 unspecified atom stereocenters. The van der Waals surface area contributed by atoms with Crippen LogP contribution >= 0.6 is 0 Å². The summed E-state index contributed by atoms with van der Waals surface area (Å²) in [5.74, 6) is 0.0337. The highest BCUT2D eigenvalue weighted by atomic mass is 19.1. The summed E-state index contributed by atoms with van der Waals surface area (Å²) in [5, 5.41) is 0. The number of hydrogen-bond acceptors (Lipinski definition) is 4. The van der Waals surface area contributed by atoms with Gasteiger partial charge in [0.1, 0.15) is 5.82 Å². The third-order valence-electron chi connectivity index (χ3n) is 5.88. The minimum atomic E-state index is -0.206. The van der Waals surface area contributed by atoms with Crippen LogP contribution in [-0.2, 0) is 16.1 Å². The van der Waals surface area contributed by atoms with Gasteiger partial charge in [-0.05, 0) is 37.6 Å². The zero-order valence-electron chi connectivity index (χ0n) is 16.9. The average molecular weight is 391 g/mol. The fraction of sp³-hybridized carbons (Fsp3) is 0.619. The van der Waals surface area contributed by atoms with E-state index in [1.54, 1.807) is 11.8 Å². The summed E-state index contributed by atoms with van der Waals surface area (Å²) in [6, 6.07) is 6.54. The molecule has 0 spiro atoms. The van der Waals surface area contributed by atoms with Crippen LogP contribution in [0.5, 0.6) is 0 Å². The minimum Gasteiger partial charge on any atom is -0.339 e. The van der Waals surface area contributed by atoms with E-state index in [9.17, 15) is 14.0 Å². The summed E-state index contributed by atoms with van der Waals surface area (Å²) in [4.78, 5) is 32.7. The standard InChI is InChI=1S/C21H31FN4O2/c1-17(21(28)26-14-12-25(13-15-26)18(2)27)24-9-3-8-23(10-11-24)16-19-4-6-20(22)7-5-19/h4-7,17H,3,8-16H2,1-2H3. The van der Waals surface area contributed by atoms with E-state index < -0.39 is 0 Å². The van der Waals surface area contributed by atoms with E-state index in [0.29, 0.717) is 26.2 Å². The lowest BCUT2D eigenvalue weighted by Crippen LogP contribution is -2.55. The number of amides is 2. The molecule has 2 aliphatic heterocycles. The molecular formula is C21H31FN4O2. The SMILES string of the molecule is CC(=O)N1CCN(C(=O)C(C)N2CCCN(Cc3ccc(F)cc3)CC2)CC1. The molecular weight excluding hydrogens is 359 g/mol. The van der Waals surface area contributed by atoms with Crippen LogP contribution in [0, 0.1) is 5.82 Å². The van der Waals surface area contributed by atoms with E-state index in [2.05, 4.69) is 9.80 Å². The summed E-state index contributed by atoms with van der Waals surface area (Å²) < 4.78 is 13.1. The Kier molecular flexibility index (Phi) is 7.02. The van der Waals surface area contributed by atoms with Crippen LogP contribution in [0.4, 0.5) is 4.39 Å². The maximum absolute atomic E-state index is 13.1. The van der Waals surface area contributed by atoms with Gasteiger partial charge < -0.3 is 9.80 Å². The maximum atomic E-state index is 13.1. The van der Waals surface area contributed by atoms with Crippen molar-refractivity contribution in [2.45, 2.75) is 32.9 Å². The Hall–Kier alpha value is -1.99. The zero-order chi connectivity index (χ0) is 20.1. The Morgan fingerprint density at radius 2 is 1.57 bits per heavy atom. The molecule has 0 aliphatic carbocycles. The zero-order valence-corrected chi connectivity index (χ0v) is 16.9. The Morgan fingerprint density at radius 1 is 0.929 bits per heavy atom. The molecule has 154 valence electrons. The van der Waals surface area contributed by atoms with Gasteiger partial charge in [0.25, 0.3) is 0 Å². The second-order valence-electron chi connectivity index (χ2n) is 7.80. The van der Waals surface area contributed by atoms with Crippen molar-refractivity contribution < 1.29 is 14.0 Å². The van der Waals surface area contributed by atoms with Gasteiger partial charge in [-0.1, -0.05) is 12.1 Å². The Labute approximate surface area is 166 Å². The molecule has 6 nitrogen and oxygen atoms in total. The van der Waals surface area contributed by atoms with Gasteiger partial charge in [0, 0.05) is 59.3 Å². The van der Waals surface area contributed by atoms with Gasteiger partial charge in [0.2, 0.25) is 11.8 Å². The number of carbonyl (C=O) groups is 2. The summed E-state index contributed by atoms with van der Waals surface area (Å²) in [6.07, 6.45) is 1.01. The molecule has 0 N–H and O–H groups in total.